The van der Waals surface area contributed by atoms with Crippen molar-refractivity contribution in [1.82, 2.24) is 4.90 Å². The number of nitrogens with two attached hydrogens (primary N) is 1. The van der Waals surface area contributed by atoms with Crippen molar-refractivity contribution in [1.29, 1.82) is 0 Å². The Hall–Kier alpha value is 0.00390. The van der Waals surface area contributed by atoms with Gasteiger partial charge >= 0.3 is 0 Å². The number of rotatable bonds is 0. The molecule has 0 spiro atoms. The van der Waals surface area contributed by atoms with Gasteiger partial charge in [0.2, 0.25) is 11.8 Å². The van der Waals surface area contributed by atoms with E-state index in [2.05, 4.69) is 5.73 Å². The minimum atomic E-state index is -0.333. The van der Waals surface area contributed by atoms with Gasteiger partial charge in [0.1, 0.15) is 0 Å². The number of amides is 2. The zero-order valence-corrected chi connectivity index (χ0v) is 12.7. The molecular formula is C8H21N2O3Y-. The second kappa shape index (κ2) is 23.1. The molecule has 14 heavy (non-hydrogen) atoms. The van der Waals surface area contributed by atoms with Gasteiger partial charge in [-0.15, -0.1) is 0 Å². The molecule has 0 unspecified atom stereocenters. The molecule has 0 aromatic rings. The first kappa shape index (κ1) is 29.2. The van der Waals surface area contributed by atoms with E-state index in [9.17, 15) is 9.59 Å². The average molecular weight is 282 g/mol. The molecule has 1 radical (unpaired) electrons. The van der Waals surface area contributed by atoms with Gasteiger partial charge in [0.05, 0.1) is 0 Å². The Balaban J connectivity index is -0.0000000302. The third-order valence-corrected chi connectivity index (χ3v) is 0.630. The first-order chi connectivity index (χ1) is 5.37. The van der Waals surface area contributed by atoms with Crippen LogP contribution in [-0.4, -0.2) is 43.0 Å². The van der Waals surface area contributed by atoms with Crippen molar-refractivity contribution >= 4 is 11.8 Å². The summed E-state index contributed by atoms with van der Waals surface area (Å²) in [6.45, 7) is 2.83. The molecule has 5 nitrogen and oxygen atoms in total. The van der Waals surface area contributed by atoms with Crippen molar-refractivity contribution in [3.63, 3.8) is 0 Å². The first-order valence-electron chi connectivity index (χ1n) is 3.26. The molecule has 0 saturated heterocycles. The molecule has 0 atom stereocenters. The molecular weight excluding hydrogens is 261 g/mol. The summed E-state index contributed by atoms with van der Waals surface area (Å²) in [5.74, 6) is -0.241. The fourth-order valence-electron chi connectivity index (χ4n) is 0. The minimum Gasteiger partial charge on any atom is -0.400 e. The zero-order chi connectivity index (χ0) is 10.7. The quantitative estimate of drug-likeness (QED) is 0.595. The zero-order valence-electron chi connectivity index (χ0n) is 9.87. The van der Waals surface area contributed by atoms with E-state index in [0.29, 0.717) is 0 Å². The van der Waals surface area contributed by atoms with Gasteiger partial charge in [-0.25, -0.2) is 0 Å². The predicted molar refractivity (Wildman–Crippen MR) is 53.8 cm³/mol. The molecule has 85 valence electrons. The Labute approximate surface area is 112 Å². The largest absolute Gasteiger partial charge is 0.400 e. The average Bonchev–Trinajstić information content (AvgIpc) is 1.90. The summed E-state index contributed by atoms with van der Waals surface area (Å²) in [5.41, 5.74) is 4.47. The summed E-state index contributed by atoms with van der Waals surface area (Å²) >= 11 is 0. The number of carbonyl (C=O) groups excluding carboxylic acids is 2. The first-order valence-corrected chi connectivity index (χ1v) is 3.26. The van der Waals surface area contributed by atoms with Gasteiger partial charge in [0.15, 0.2) is 0 Å². The van der Waals surface area contributed by atoms with E-state index < -0.39 is 0 Å². The van der Waals surface area contributed by atoms with E-state index in [1.54, 1.807) is 14.1 Å². The summed E-state index contributed by atoms with van der Waals surface area (Å²) in [7, 11) is 4.45. The maximum absolute atomic E-state index is 10.1. The third kappa shape index (κ3) is 90.7. The number of hydrogen-bond acceptors (Lipinski definition) is 3. The van der Waals surface area contributed by atoms with Crippen LogP contribution in [0, 0.1) is 7.43 Å². The second-order valence-corrected chi connectivity index (χ2v) is 2.02. The minimum absolute atomic E-state index is 0. The van der Waals surface area contributed by atoms with Crippen LogP contribution >= 0.6 is 0 Å². The fraction of sp³-hybridized carbons (Fsp3) is 0.625. The molecule has 3 N–H and O–H groups in total. The van der Waals surface area contributed by atoms with Crippen LogP contribution in [0.25, 0.3) is 0 Å². The molecule has 0 bridgehead atoms. The van der Waals surface area contributed by atoms with E-state index in [4.69, 9.17) is 5.11 Å². The van der Waals surface area contributed by atoms with Crippen LogP contribution in [0.4, 0.5) is 0 Å². The van der Waals surface area contributed by atoms with Crippen LogP contribution in [0.15, 0.2) is 0 Å². The number of hydrogen-bond donors (Lipinski definition) is 2. The van der Waals surface area contributed by atoms with Crippen LogP contribution in [0.5, 0.6) is 0 Å². The van der Waals surface area contributed by atoms with Gasteiger partial charge in [0.25, 0.3) is 0 Å². The smallest absolute Gasteiger partial charge is 0.218 e. The standard InChI is InChI=1S/C4H9NO.C2H5NO.CH4O.CH3.Y/c1-4(6)5(2)3;1-2(3)4;1-2;;/h1-3H3;1H3,(H2,3,4);2H,1H3;1H3;/q;;;-1;. The van der Waals surface area contributed by atoms with Gasteiger partial charge in [-0.3, -0.25) is 9.59 Å². The van der Waals surface area contributed by atoms with E-state index >= 15 is 0 Å². The van der Waals surface area contributed by atoms with Crippen molar-refractivity contribution in [2.75, 3.05) is 21.2 Å². The van der Waals surface area contributed by atoms with Gasteiger partial charge in [-0.1, -0.05) is 0 Å². The monoisotopic (exact) mass is 282 g/mol. The van der Waals surface area contributed by atoms with Crippen LogP contribution in [-0.2, 0) is 42.3 Å². The molecule has 0 saturated carbocycles. The van der Waals surface area contributed by atoms with Crippen LogP contribution < -0.4 is 5.73 Å². The van der Waals surface area contributed by atoms with E-state index in [0.717, 1.165) is 7.11 Å². The number of primary amides is 1. The molecule has 0 heterocycles. The van der Waals surface area contributed by atoms with Crippen LogP contribution in [0.1, 0.15) is 13.8 Å². The topological polar surface area (TPSA) is 83.6 Å². The van der Waals surface area contributed by atoms with Crippen molar-refractivity contribution < 1.29 is 47.4 Å². The van der Waals surface area contributed by atoms with Crippen molar-refractivity contribution in [3.8, 4) is 0 Å². The molecule has 0 aliphatic heterocycles. The molecule has 0 aliphatic carbocycles. The summed E-state index contributed by atoms with van der Waals surface area (Å²) in [6, 6.07) is 0. The fourth-order valence-corrected chi connectivity index (χ4v) is 0. The SMILES string of the molecule is CC(=O)N(C)C.CC(N)=O.CO.[CH3-].[Y]. The molecule has 0 fully saturated rings. The number of nitrogens with zero attached hydrogens (tertiary/aromatic N) is 1. The number of carbonyl (C=O) groups is 2. The molecule has 0 aliphatic rings. The number of aliphatic hydroxyl groups excluding tert-OH is 1. The predicted octanol–water partition coefficient (Wildman–Crippen LogP) is -0.358. The van der Waals surface area contributed by atoms with Gasteiger partial charge in [-0.05, 0) is 0 Å². The van der Waals surface area contributed by atoms with Crippen molar-refractivity contribution in [3.05, 3.63) is 7.43 Å². The molecule has 6 heteroatoms. The molecule has 0 aromatic carbocycles. The summed E-state index contributed by atoms with van der Waals surface area (Å²) in [5, 5.41) is 7.00. The molecule has 0 aromatic heterocycles. The Morgan fingerprint density at radius 2 is 1.21 bits per heavy atom. The Bertz CT molecular complexity index is 126. The van der Waals surface area contributed by atoms with Gasteiger partial charge < -0.3 is 23.2 Å². The maximum atomic E-state index is 10.1. The maximum Gasteiger partial charge on any atom is 0.218 e. The van der Waals surface area contributed by atoms with Crippen LogP contribution in [0.3, 0.4) is 0 Å². The third-order valence-electron chi connectivity index (χ3n) is 0.630. The Kier molecular flexibility index (Phi) is 48.2. The molecule has 0 rings (SSSR count). The Morgan fingerprint density at radius 1 is 1.14 bits per heavy atom. The van der Waals surface area contributed by atoms with Gasteiger partial charge in [0, 0.05) is 67.8 Å². The van der Waals surface area contributed by atoms with E-state index in [-0.39, 0.29) is 52.0 Å². The second-order valence-electron chi connectivity index (χ2n) is 2.02. The normalized spacial score (nSPS) is 5.57. The summed E-state index contributed by atoms with van der Waals surface area (Å²) in [6.07, 6.45) is 0. The van der Waals surface area contributed by atoms with Crippen LogP contribution in [0.2, 0.25) is 0 Å². The summed E-state index contributed by atoms with van der Waals surface area (Å²) < 4.78 is 0. The summed E-state index contributed by atoms with van der Waals surface area (Å²) in [4.78, 5) is 20.8. The van der Waals surface area contributed by atoms with Crippen molar-refractivity contribution in [2.45, 2.75) is 13.8 Å². The van der Waals surface area contributed by atoms with Gasteiger partial charge in [-0.2, -0.15) is 0 Å². The van der Waals surface area contributed by atoms with E-state index in [1.165, 1.54) is 18.7 Å². The molecule has 2 amide bonds. The number of aliphatic hydroxyl groups is 1. The van der Waals surface area contributed by atoms with Crippen molar-refractivity contribution in [2.24, 2.45) is 5.73 Å². The Morgan fingerprint density at radius 3 is 1.21 bits per heavy atom. The van der Waals surface area contributed by atoms with E-state index in [1.807, 2.05) is 0 Å².